The molecule has 5 nitrogen and oxygen atoms in total. The number of aromatic carboxylic acids is 1. The van der Waals surface area contributed by atoms with Crippen molar-refractivity contribution in [1.29, 1.82) is 0 Å². The van der Waals surface area contributed by atoms with E-state index in [0.717, 1.165) is 5.56 Å². The number of ketones is 1. The summed E-state index contributed by atoms with van der Waals surface area (Å²) in [5.41, 5.74) is 1.76. The molecule has 1 aromatic carbocycles. The number of rotatable bonds is 4. The SMILES string of the molecule is CC(=O)c1cn(CCO)c2c(C(=O)O)cc(C(C)(C)C)cc12. The molecule has 118 valence electrons. The van der Waals surface area contributed by atoms with Gasteiger partial charge in [-0.25, -0.2) is 4.79 Å². The first-order valence-electron chi connectivity index (χ1n) is 7.19. The van der Waals surface area contributed by atoms with E-state index in [1.807, 2.05) is 26.8 Å². The molecule has 5 heteroatoms. The number of hydrogen-bond acceptors (Lipinski definition) is 3. The zero-order chi connectivity index (χ0) is 16.7. The van der Waals surface area contributed by atoms with Crippen LogP contribution in [0, 0.1) is 0 Å². The van der Waals surface area contributed by atoms with Gasteiger partial charge in [0.15, 0.2) is 5.78 Å². The fourth-order valence-electron chi connectivity index (χ4n) is 2.60. The first-order valence-corrected chi connectivity index (χ1v) is 7.19. The average molecular weight is 303 g/mol. The van der Waals surface area contributed by atoms with Gasteiger partial charge in [-0.15, -0.1) is 0 Å². The van der Waals surface area contributed by atoms with Crippen molar-refractivity contribution in [3.05, 3.63) is 35.0 Å². The van der Waals surface area contributed by atoms with E-state index in [4.69, 9.17) is 0 Å². The Bertz CT molecular complexity index is 750. The second-order valence-corrected chi connectivity index (χ2v) is 6.49. The minimum atomic E-state index is -1.04. The number of Topliss-reactive ketones (excluding diaryl/α,β-unsaturated/α-hetero) is 1. The molecule has 1 heterocycles. The number of carbonyl (C=O) groups excluding carboxylic acids is 1. The molecule has 0 fully saturated rings. The smallest absolute Gasteiger partial charge is 0.337 e. The zero-order valence-corrected chi connectivity index (χ0v) is 13.3. The minimum absolute atomic E-state index is 0.121. The maximum atomic E-state index is 11.9. The lowest BCUT2D eigenvalue weighted by atomic mass is 9.85. The molecule has 0 aliphatic heterocycles. The van der Waals surface area contributed by atoms with Crippen LogP contribution in [0.1, 0.15) is 54.0 Å². The number of aliphatic hydroxyl groups excluding tert-OH is 1. The number of hydrogen-bond donors (Lipinski definition) is 2. The lowest BCUT2D eigenvalue weighted by Gasteiger charge is -2.20. The van der Waals surface area contributed by atoms with Gasteiger partial charge in [0.25, 0.3) is 0 Å². The predicted octanol–water partition coefficient (Wildman–Crippen LogP) is 2.83. The van der Waals surface area contributed by atoms with Crippen molar-refractivity contribution in [2.75, 3.05) is 6.61 Å². The third kappa shape index (κ3) is 2.76. The van der Waals surface area contributed by atoms with Crippen LogP contribution in [0.15, 0.2) is 18.3 Å². The van der Waals surface area contributed by atoms with Gasteiger partial charge in [0.05, 0.1) is 17.7 Å². The van der Waals surface area contributed by atoms with Gasteiger partial charge in [-0.3, -0.25) is 4.79 Å². The van der Waals surface area contributed by atoms with Crippen molar-refractivity contribution < 1.29 is 19.8 Å². The van der Waals surface area contributed by atoms with Gasteiger partial charge < -0.3 is 14.8 Å². The van der Waals surface area contributed by atoms with Crippen molar-refractivity contribution in [2.45, 2.75) is 39.7 Å². The third-order valence-corrected chi connectivity index (χ3v) is 3.79. The van der Waals surface area contributed by atoms with Gasteiger partial charge in [0.2, 0.25) is 0 Å². The van der Waals surface area contributed by atoms with Gasteiger partial charge >= 0.3 is 5.97 Å². The van der Waals surface area contributed by atoms with Crippen molar-refractivity contribution in [3.8, 4) is 0 Å². The van der Waals surface area contributed by atoms with E-state index in [9.17, 15) is 19.8 Å². The van der Waals surface area contributed by atoms with Gasteiger partial charge in [0.1, 0.15) is 0 Å². The number of carbonyl (C=O) groups is 2. The molecule has 0 spiro atoms. The van der Waals surface area contributed by atoms with Crippen LogP contribution in [-0.4, -0.2) is 33.1 Å². The largest absolute Gasteiger partial charge is 0.478 e. The second-order valence-electron chi connectivity index (χ2n) is 6.49. The lowest BCUT2D eigenvalue weighted by Crippen LogP contribution is -2.13. The van der Waals surface area contributed by atoms with E-state index in [2.05, 4.69) is 0 Å². The van der Waals surface area contributed by atoms with E-state index < -0.39 is 5.97 Å². The van der Waals surface area contributed by atoms with E-state index in [1.54, 1.807) is 16.8 Å². The van der Waals surface area contributed by atoms with Crippen LogP contribution < -0.4 is 0 Å². The van der Waals surface area contributed by atoms with Crippen LogP contribution in [0.3, 0.4) is 0 Å². The number of nitrogens with zero attached hydrogens (tertiary/aromatic N) is 1. The molecular formula is C17H21NO4. The Hall–Kier alpha value is -2.14. The van der Waals surface area contributed by atoms with Crippen LogP contribution in [0.2, 0.25) is 0 Å². The fourth-order valence-corrected chi connectivity index (χ4v) is 2.60. The normalized spacial score (nSPS) is 11.9. The summed E-state index contributed by atoms with van der Waals surface area (Å²) in [5.74, 6) is -1.16. The highest BCUT2D eigenvalue weighted by Gasteiger charge is 2.23. The average Bonchev–Trinajstić information content (AvgIpc) is 2.76. The molecule has 2 N–H and O–H groups in total. The molecule has 22 heavy (non-hydrogen) atoms. The topological polar surface area (TPSA) is 79.5 Å². The third-order valence-electron chi connectivity index (χ3n) is 3.79. The highest BCUT2D eigenvalue weighted by molar-refractivity contribution is 6.12. The van der Waals surface area contributed by atoms with E-state index >= 15 is 0 Å². The van der Waals surface area contributed by atoms with E-state index in [-0.39, 0.29) is 29.9 Å². The summed E-state index contributed by atoms with van der Waals surface area (Å²) in [6.45, 7) is 7.58. The molecule has 1 aromatic heterocycles. The first kappa shape index (κ1) is 16.2. The van der Waals surface area contributed by atoms with Crippen molar-refractivity contribution in [1.82, 2.24) is 4.57 Å². The van der Waals surface area contributed by atoms with Gasteiger partial charge in [0, 0.05) is 23.7 Å². The van der Waals surface area contributed by atoms with Crippen molar-refractivity contribution in [3.63, 3.8) is 0 Å². The molecule has 0 saturated heterocycles. The minimum Gasteiger partial charge on any atom is -0.478 e. The number of carboxylic acid groups (broad SMARTS) is 1. The predicted molar refractivity (Wildman–Crippen MR) is 84.7 cm³/mol. The monoisotopic (exact) mass is 303 g/mol. The summed E-state index contributed by atoms with van der Waals surface area (Å²) in [5, 5.41) is 19.4. The summed E-state index contributed by atoms with van der Waals surface area (Å²) in [4.78, 5) is 23.6. The summed E-state index contributed by atoms with van der Waals surface area (Å²) < 4.78 is 1.64. The summed E-state index contributed by atoms with van der Waals surface area (Å²) in [7, 11) is 0. The van der Waals surface area contributed by atoms with Gasteiger partial charge in [-0.2, -0.15) is 0 Å². The van der Waals surface area contributed by atoms with Gasteiger partial charge in [-0.05, 0) is 30.0 Å². The van der Waals surface area contributed by atoms with Crippen molar-refractivity contribution in [2.24, 2.45) is 0 Å². The number of aliphatic hydroxyl groups is 1. The van der Waals surface area contributed by atoms with Crippen LogP contribution in [0.25, 0.3) is 10.9 Å². The quantitative estimate of drug-likeness (QED) is 0.851. The lowest BCUT2D eigenvalue weighted by molar-refractivity contribution is 0.0698. The highest BCUT2D eigenvalue weighted by atomic mass is 16.4. The summed E-state index contributed by atoms with van der Waals surface area (Å²) >= 11 is 0. The molecule has 0 amide bonds. The Morgan fingerprint density at radius 2 is 1.82 bits per heavy atom. The van der Waals surface area contributed by atoms with E-state index in [0.29, 0.717) is 16.5 Å². The summed E-state index contributed by atoms with van der Waals surface area (Å²) in [6, 6.07) is 3.54. The maximum Gasteiger partial charge on any atom is 0.337 e. The Labute approximate surface area is 129 Å². The molecule has 2 aromatic rings. The Morgan fingerprint density at radius 3 is 2.27 bits per heavy atom. The number of fused-ring (bicyclic) bond motifs is 1. The van der Waals surface area contributed by atoms with Crippen LogP contribution >= 0.6 is 0 Å². The van der Waals surface area contributed by atoms with Gasteiger partial charge in [-0.1, -0.05) is 20.8 Å². The van der Waals surface area contributed by atoms with E-state index in [1.165, 1.54) is 6.92 Å². The molecule has 0 radical (unpaired) electrons. The van der Waals surface area contributed by atoms with Crippen molar-refractivity contribution >= 4 is 22.7 Å². The second kappa shape index (κ2) is 5.57. The zero-order valence-electron chi connectivity index (χ0n) is 13.3. The molecule has 0 unspecified atom stereocenters. The summed E-state index contributed by atoms with van der Waals surface area (Å²) in [6.07, 6.45) is 1.63. The molecule has 0 saturated carbocycles. The number of carboxylic acids is 1. The van der Waals surface area contributed by atoms with Crippen LogP contribution in [-0.2, 0) is 12.0 Å². The van der Waals surface area contributed by atoms with Crippen LogP contribution in [0.5, 0.6) is 0 Å². The molecular weight excluding hydrogens is 282 g/mol. The standard InChI is InChI=1S/C17H21NO4/c1-10(20)14-9-18(5-6-19)15-12(14)7-11(17(2,3)4)8-13(15)16(21)22/h7-9,19H,5-6H2,1-4H3,(H,21,22). The molecule has 2 rings (SSSR count). The molecule has 0 bridgehead atoms. The Balaban J connectivity index is 2.93. The Morgan fingerprint density at radius 1 is 1.18 bits per heavy atom. The Kier molecular flexibility index (Phi) is 4.11. The maximum absolute atomic E-state index is 11.9. The molecule has 0 atom stereocenters. The fraction of sp³-hybridized carbons (Fsp3) is 0.412. The molecule has 0 aliphatic carbocycles. The molecule has 0 aliphatic rings. The first-order chi connectivity index (χ1) is 10.2. The number of benzene rings is 1. The highest BCUT2D eigenvalue weighted by Crippen LogP contribution is 2.32. The number of aromatic nitrogens is 1. The van der Waals surface area contributed by atoms with Crippen LogP contribution in [0.4, 0.5) is 0 Å².